The molecule has 0 saturated heterocycles. The smallest absolute Gasteiger partial charge is 0.331 e. The first-order valence-corrected chi connectivity index (χ1v) is 9.04. The maximum atomic E-state index is 11.8. The molecular weight excluding hydrogens is 395 g/mol. The zero-order valence-corrected chi connectivity index (χ0v) is 15.6. The summed E-state index contributed by atoms with van der Waals surface area (Å²) in [4.78, 5) is 27.9. The molecule has 0 unspecified atom stereocenters. The lowest BCUT2D eigenvalue weighted by atomic mass is 10.3. The van der Waals surface area contributed by atoms with Gasteiger partial charge in [-0.25, -0.2) is 9.78 Å². The second kappa shape index (κ2) is 8.31. The number of nitrogens with zero attached hydrogens (tertiary/aromatic N) is 1. The van der Waals surface area contributed by atoms with Crippen molar-refractivity contribution < 1.29 is 14.3 Å². The first-order valence-electron chi connectivity index (χ1n) is 7.46. The predicted molar refractivity (Wildman–Crippen MR) is 105 cm³/mol. The Morgan fingerprint density at radius 3 is 2.77 bits per heavy atom. The quantitative estimate of drug-likeness (QED) is 0.488. The summed E-state index contributed by atoms with van der Waals surface area (Å²) in [5.41, 5.74) is 1.26. The van der Waals surface area contributed by atoms with Crippen molar-refractivity contribution >= 4 is 68.4 Å². The van der Waals surface area contributed by atoms with Gasteiger partial charge in [-0.1, -0.05) is 35.3 Å². The number of hydrogen-bond acceptors (Lipinski definition) is 5. The molecule has 3 aromatic rings. The van der Waals surface area contributed by atoms with Gasteiger partial charge < -0.3 is 10.1 Å². The van der Waals surface area contributed by atoms with Crippen LogP contribution in [0.25, 0.3) is 16.3 Å². The summed E-state index contributed by atoms with van der Waals surface area (Å²) in [6.45, 7) is -0.429. The number of amides is 1. The molecule has 26 heavy (non-hydrogen) atoms. The molecule has 0 bridgehead atoms. The molecule has 0 fully saturated rings. The zero-order chi connectivity index (χ0) is 18.5. The van der Waals surface area contributed by atoms with E-state index in [0.717, 1.165) is 10.2 Å². The highest BCUT2D eigenvalue weighted by molar-refractivity contribution is 7.19. The minimum absolute atomic E-state index is 0.299. The van der Waals surface area contributed by atoms with Gasteiger partial charge in [0.2, 0.25) is 0 Å². The van der Waals surface area contributed by atoms with Crippen molar-refractivity contribution in [2.24, 2.45) is 0 Å². The molecule has 0 aliphatic rings. The Balaban J connectivity index is 1.52. The average Bonchev–Trinajstić information content (AvgIpc) is 3.03. The molecular formula is C18H12Cl2N2O3S. The number of halogens is 2. The van der Waals surface area contributed by atoms with E-state index in [-0.39, 0.29) is 0 Å². The van der Waals surface area contributed by atoms with Crippen molar-refractivity contribution in [3.05, 3.63) is 63.6 Å². The summed E-state index contributed by atoms with van der Waals surface area (Å²) in [7, 11) is 0. The number of hydrogen-bond donors (Lipinski definition) is 1. The molecule has 3 rings (SSSR count). The SMILES string of the molecule is O=C(COC(=O)/C=C/c1nc2ccccc2s1)Nc1ccc(Cl)cc1Cl. The van der Waals surface area contributed by atoms with E-state index >= 15 is 0 Å². The van der Waals surface area contributed by atoms with E-state index in [0.29, 0.717) is 20.7 Å². The zero-order valence-electron chi connectivity index (χ0n) is 13.2. The number of benzene rings is 2. The summed E-state index contributed by atoms with van der Waals surface area (Å²) in [6.07, 6.45) is 2.79. The number of anilines is 1. The molecule has 0 spiro atoms. The Morgan fingerprint density at radius 1 is 1.19 bits per heavy atom. The first-order chi connectivity index (χ1) is 12.5. The van der Waals surface area contributed by atoms with Gasteiger partial charge in [-0.05, 0) is 36.4 Å². The number of nitrogens with one attached hydrogen (secondary N) is 1. The summed E-state index contributed by atoms with van der Waals surface area (Å²) >= 11 is 13.2. The van der Waals surface area contributed by atoms with Crippen molar-refractivity contribution in [3.8, 4) is 0 Å². The molecule has 0 aliphatic carbocycles. The van der Waals surface area contributed by atoms with Crippen LogP contribution in [0.1, 0.15) is 5.01 Å². The Bertz CT molecular complexity index is 968. The Hall–Kier alpha value is -2.41. The first kappa shape index (κ1) is 18.4. The lowest BCUT2D eigenvalue weighted by Crippen LogP contribution is -2.20. The number of esters is 1. The van der Waals surface area contributed by atoms with Gasteiger partial charge in [0.05, 0.1) is 20.9 Å². The van der Waals surface area contributed by atoms with Crippen LogP contribution in [0.3, 0.4) is 0 Å². The maximum absolute atomic E-state index is 11.8. The molecule has 1 heterocycles. The number of thiazole rings is 1. The third-order valence-electron chi connectivity index (χ3n) is 3.22. The molecule has 1 amide bonds. The fourth-order valence-electron chi connectivity index (χ4n) is 2.06. The topological polar surface area (TPSA) is 68.3 Å². The number of rotatable bonds is 5. The van der Waals surface area contributed by atoms with E-state index in [1.54, 1.807) is 18.2 Å². The molecule has 8 heteroatoms. The van der Waals surface area contributed by atoms with Gasteiger partial charge in [0.25, 0.3) is 5.91 Å². The Morgan fingerprint density at radius 2 is 2.00 bits per heavy atom. The lowest BCUT2D eigenvalue weighted by molar-refractivity contribution is -0.142. The van der Waals surface area contributed by atoms with Crippen LogP contribution >= 0.6 is 34.5 Å². The van der Waals surface area contributed by atoms with Crippen molar-refractivity contribution in [2.45, 2.75) is 0 Å². The average molecular weight is 407 g/mol. The van der Waals surface area contributed by atoms with Crippen molar-refractivity contribution in [1.29, 1.82) is 0 Å². The van der Waals surface area contributed by atoms with Gasteiger partial charge >= 0.3 is 5.97 Å². The Kier molecular flexibility index (Phi) is 5.88. The van der Waals surface area contributed by atoms with E-state index in [9.17, 15) is 9.59 Å². The van der Waals surface area contributed by atoms with Crippen molar-refractivity contribution in [3.63, 3.8) is 0 Å². The van der Waals surface area contributed by atoms with Crippen LogP contribution in [0.2, 0.25) is 10.0 Å². The largest absolute Gasteiger partial charge is 0.452 e. The second-order valence-electron chi connectivity index (χ2n) is 5.13. The summed E-state index contributed by atoms with van der Waals surface area (Å²) in [6, 6.07) is 12.3. The molecule has 5 nitrogen and oxygen atoms in total. The highest BCUT2D eigenvalue weighted by Crippen LogP contribution is 2.25. The van der Waals surface area contributed by atoms with Gasteiger partial charge in [0.1, 0.15) is 5.01 Å². The van der Waals surface area contributed by atoms with Crippen LogP contribution in [0.5, 0.6) is 0 Å². The number of aromatic nitrogens is 1. The molecule has 1 aromatic heterocycles. The van der Waals surface area contributed by atoms with Crippen LogP contribution < -0.4 is 5.32 Å². The number of carbonyl (C=O) groups excluding carboxylic acids is 2. The van der Waals surface area contributed by atoms with E-state index in [2.05, 4.69) is 10.3 Å². The monoisotopic (exact) mass is 406 g/mol. The minimum atomic E-state index is -0.637. The second-order valence-corrected chi connectivity index (χ2v) is 7.04. The van der Waals surface area contributed by atoms with Crippen molar-refractivity contribution in [1.82, 2.24) is 4.98 Å². The van der Waals surface area contributed by atoms with Gasteiger partial charge in [-0.15, -0.1) is 11.3 Å². The van der Waals surface area contributed by atoms with E-state index in [1.807, 2.05) is 24.3 Å². The summed E-state index contributed by atoms with van der Waals surface area (Å²) in [5.74, 6) is -1.14. The molecule has 132 valence electrons. The van der Waals surface area contributed by atoms with Gasteiger partial charge in [0, 0.05) is 11.1 Å². The highest BCUT2D eigenvalue weighted by atomic mass is 35.5. The van der Waals surface area contributed by atoms with E-state index < -0.39 is 18.5 Å². The van der Waals surface area contributed by atoms with Gasteiger partial charge in [0.15, 0.2) is 6.61 Å². The van der Waals surface area contributed by atoms with Crippen LogP contribution in [0, 0.1) is 0 Å². The highest BCUT2D eigenvalue weighted by Gasteiger charge is 2.09. The third kappa shape index (κ3) is 4.82. The molecule has 0 aliphatic heterocycles. The molecule has 1 N–H and O–H groups in total. The molecule has 0 radical (unpaired) electrons. The fraction of sp³-hybridized carbons (Fsp3) is 0.0556. The van der Waals surface area contributed by atoms with E-state index in [1.165, 1.54) is 23.5 Å². The third-order valence-corrected chi connectivity index (χ3v) is 4.77. The normalized spacial score (nSPS) is 11.0. The van der Waals surface area contributed by atoms with Gasteiger partial charge in [-0.3, -0.25) is 4.79 Å². The molecule has 2 aromatic carbocycles. The number of ether oxygens (including phenoxy) is 1. The molecule has 0 atom stereocenters. The lowest BCUT2D eigenvalue weighted by Gasteiger charge is -2.07. The van der Waals surface area contributed by atoms with Crippen LogP contribution in [-0.4, -0.2) is 23.5 Å². The van der Waals surface area contributed by atoms with E-state index in [4.69, 9.17) is 27.9 Å². The fourth-order valence-corrected chi connectivity index (χ4v) is 3.39. The van der Waals surface area contributed by atoms with Crippen LogP contribution in [0.4, 0.5) is 5.69 Å². The van der Waals surface area contributed by atoms with Crippen molar-refractivity contribution in [2.75, 3.05) is 11.9 Å². The van der Waals surface area contributed by atoms with Crippen LogP contribution in [-0.2, 0) is 14.3 Å². The maximum Gasteiger partial charge on any atom is 0.331 e. The number of carbonyl (C=O) groups is 2. The molecule has 0 saturated carbocycles. The number of para-hydroxylation sites is 1. The summed E-state index contributed by atoms with van der Waals surface area (Å²) < 4.78 is 5.93. The number of fused-ring (bicyclic) bond motifs is 1. The Labute approximate surface area is 163 Å². The predicted octanol–water partition coefficient (Wildman–Crippen LogP) is 4.80. The van der Waals surface area contributed by atoms with Gasteiger partial charge in [-0.2, -0.15) is 0 Å². The standard InChI is InChI=1S/C18H12Cl2N2O3S/c19-11-5-6-13(12(20)9-11)21-16(23)10-25-18(24)8-7-17-22-14-3-1-2-4-15(14)26-17/h1-9H,10H2,(H,21,23)/b8-7+. The van der Waals surface area contributed by atoms with Crippen LogP contribution in [0.15, 0.2) is 48.5 Å². The minimum Gasteiger partial charge on any atom is -0.452 e. The summed E-state index contributed by atoms with van der Waals surface area (Å²) in [5, 5.41) is 3.98.